The average molecular weight is 242 g/mol. The number of aromatic nitrogens is 1. The van der Waals surface area contributed by atoms with Crippen molar-refractivity contribution in [1.29, 1.82) is 0 Å². The number of H-pyrrole nitrogens is 1. The van der Waals surface area contributed by atoms with Crippen LogP contribution in [0.1, 0.15) is 23.7 Å². The van der Waals surface area contributed by atoms with E-state index in [0.717, 1.165) is 10.9 Å². The van der Waals surface area contributed by atoms with Crippen LogP contribution in [0.2, 0.25) is 0 Å². The number of hydrogen-bond donors (Lipinski definition) is 2. The molecule has 3 N–H and O–H groups in total. The first-order chi connectivity index (χ1) is 7.88. The lowest BCUT2D eigenvalue weighted by Crippen LogP contribution is -2.20. The Morgan fingerprint density at radius 2 is 1.94 bits per heavy atom. The van der Waals surface area contributed by atoms with Crippen LogP contribution in [0.15, 0.2) is 24.3 Å². The maximum atomic E-state index is 12.3. The van der Waals surface area contributed by atoms with E-state index in [1.807, 2.05) is 12.1 Å². The predicted molar refractivity (Wildman–Crippen MR) is 60.6 cm³/mol. The van der Waals surface area contributed by atoms with Crippen LogP contribution in [0.25, 0.3) is 10.9 Å². The highest BCUT2D eigenvalue weighted by Crippen LogP contribution is 2.33. The molecule has 0 aliphatic rings. The summed E-state index contributed by atoms with van der Waals surface area (Å²) in [5, 5.41) is 0.766. The first-order valence-electron chi connectivity index (χ1n) is 5.28. The highest BCUT2D eigenvalue weighted by Gasteiger charge is 2.32. The summed E-state index contributed by atoms with van der Waals surface area (Å²) in [4.78, 5) is 3.05. The number of aryl methyl sites for hydroxylation is 1. The molecule has 2 nitrogen and oxygen atoms in total. The molecule has 0 radical (unpaired) electrons. The van der Waals surface area contributed by atoms with Gasteiger partial charge >= 0.3 is 6.18 Å². The van der Waals surface area contributed by atoms with Crippen molar-refractivity contribution in [2.75, 3.05) is 0 Å². The van der Waals surface area contributed by atoms with Crippen molar-refractivity contribution in [3.8, 4) is 0 Å². The lowest BCUT2D eigenvalue weighted by molar-refractivity contribution is -0.138. The molecule has 0 saturated carbocycles. The van der Waals surface area contributed by atoms with E-state index in [2.05, 4.69) is 4.98 Å². The largest absolute Gasteiger partial charge is 0.390 e. The van der Waals surface area contributed by atoms with Gasteiger partial charge < -0.3 is 10.7 Å². The van der Waals surface area contributed by atoms with Crippen LogP contribution in [0, 0.1) is 6.92 Å². The van der Waals surface area contributed by atoms with Gasteiger partial charge in [0.25, 0.3) is 0 Å². The van der Waals surface area contributed by atoms with E-state index in [-0.39, 0.29) is 0 Å². The third kappa shape index (κ3) is 2.44. The summed E-state index contributed by atoms with van der Waals surface area (Å²) in [6, 6.07) is 6.21. The van der Waals surface area contributed by atoms with Gasteiger partial charge in [0.15, 0.2) is 0 Å². The quantitative estimate of drug-likeness (QED) is 0.832. The zero-order valence-electron chi connectivity index (χ0n) is 9.31. The van der Waals surface area contributed by atoms with Gasteiger partial charge in [0.1, 0.15) is 0 Å². The number of nitrogens with one attached hydrogen (secondary N) is 1. The molecule has 0 aliphatic heterocycles. The Morgan fingerprint density at radius 1 is 1.29 bits per heavy atom. The fraction of sp³-hybridized carbons (Fsp3) is 0.333. The van der Waals surface area contributed by atoms with Gasteiger partial charge in [0.2, 0.25) is 0 Å². The van der Waals surface area contributed by atoms with Crippen molar-refractivity contribution in [2.24, 2.45) is 5.73 Å². The van der Waals surface area contributed by atoms with Gasteiger partial charge in [-0.2, -0.15) is 13.2 Å². The van der Waals surface area contributed by atoms with Crippen molar-refractivity contribution >= 4 is 10.9 Å². The van der Waals surface area contributed by atoms with Crippen molar-refractivity contribution in [3.63, 3.8) is 0 Å². The zero-order chi connectivity index (χ0) is 12.6. The van der Waals surface area contributed by atoms with Crippen LogP contribution >= 0.6 is 0 Å². The van der Waals surface area contributed by atoms with Crippen LogP contribution in [0.4, 0.5) is 13.2 Å². The maximum absolute atomic E-state index is 12.3. The van der Waals surface area contributed by atoms with Gasteiger partial charge in [-0.3, -0.25) is 0 Å². The minimum absolute atomic E-state index is 0.554. The van der Waals surface area contributed by atoms with E-state index in [0.29, 0.717) is 11.3 Å². The second-order valence-corrected chi connectivity index (χ2v) is 4.14. The highest BCUT2D eigenvalue weighted by atomic mass is 19.4. The lowest BCUT2D eigenvalue weighted by atomic mass is 10.0. The Kier molecular flexibility index (Phi) is 2.87. The SMILES string of the molecule is Cc1[nH]c2ccccc2c1[C@@H](N)CC(F)(F)F. The summed E-state index contributed by atoms with van der Waals surface area (Å²) in [6.45, 7) is 1.74. The number of rotatable bonds is 2. The second-order valence-electron chi connectivity index (χ2n) is 4.14. The molecule has 1 aromatic heterocycles. The van der Waals surface area contributed by atoms with Crippen LogP contribution in [0.3, 0.4) is 0 Å². The van der Waals surface area contributed by atoms with E-state index in [9.17, 15) is 13.2 Å². The number of benzene rings is 1. The van der Waals surface area contributed by atoms with E-state index >= 15 is 0 Å². The molecule has 92 valence electrons. The summed E-state index contributed by atoms with van der Waals surface area (Å²) < 4.78 is 37.0. The highest BCUT2D eigenvalue weighted by molar-refractivity contribution is 5.85. The third-order valence-corrected chi connectivity index (χ3v) is 2.77. The molecule has 0 saturated heterocycles. The molecule has 0 unspecified atom stereocenters. The second kappa shape index (κ2) is 4.07. The van der Waals surface area contributed by atoms with Gasteiger partial charge in [-0.05, 0) is 18.6 Å². The number of alkyl halides is 3. The van der Waals surface area contributed by atoms with Gasteiger partial charge in [-0.1, -0.05) is 18.2 Å². The average Bonchev–Trinajstić information content (AvgIpc) is 2.50. The molecule has 0 aliphatic carbocycles. The van der Waals surface area contributed by atoms with Crippen LogP contribution in [-0.4, -0.2) is 11.2 Å². The van der Waals surface area contributed by atoms with E-state index in [1.54, 1.807) is 19.1 Å². The Hall–Kier alpha value is -1.49. The molecule has 5 heteroatoms. The number of fused-ring (bicyclic) bond motifs is 1. The van der Waals surface area contributed by atoms with Crippen molar-refractivity contribution in [2.45, 2.75) is 25.6 Å². The van der Waals surface area contributed by atoms with Crippen molar-refractivity contribution < 1.29 is 13.2 Å². The van der Waals surface area contributed by atoms with Gasteiger partial charge in [0.05, 0.1) is 6.42 Å². The first kappa shape index (κ1) is 12.0. The Balaban J connectivity index is 2.44. The monoisotopic (exact) mass is 242 g/mol. The molecule has 0 bridgehead atoms. The van der Waals surface area contributed by atoms with Gasteiger partial charge in [0, 0.05) is 22.6 Å². The molecule has 2 rings (SSSR count). The molecule has 0 fully saturated rings. The smallest absolute Gasteiger partial charge is 0.358 e. The lowest BCUT2D eigenvalue weighted by Gasteiger charge is -2.14. The first-order valence-corrected chi connectivity index (χ1v) is 5.28. The number of halogens is 3. The molecule has 1 heterocycles. The van der Waals surface area contributed by atoms with Gasteiger partial charge in [-0.15, -0.1) is 0 Å². The molecular formula is C12H13F3N2. The van der Waals surface area contributed by atoms with Gasteiger partial charge in [-0.25, -0.2) is 0 Å². The Labute approximate surface area is 96.6 Å². The topological polar surface area (TPSA) is 41.8 Å². The minimum atomic E-state index is -4.25. The summed E-state index contributed by atoms with van der Waals surface area (Å²) in [5.74, 6) is 0. The van der Waals surface area contributed by atoms with E-state index < -0.39 is 18.6 Å². The molecule has 2 aromatic rings. The summed E-state index contributed by atoms with van der Waals surface area (Å²) >= 11 is 0. The fourth-order valence-electron chi connectivity index (χ4n) is 2.13. The summed E-state index contributed by atoms with van der Waals surface area (Å²) in [7, 11) is 0. The summed E-state index contributed by atoms with van der Waals surface area (Å²) in [5.41, 5.74) is 7.72. The van der Waals surface area contributed by atoms with Crippen LogP contribution in [-0.2, 0) is 0 Å². The predicted octanol–water partition coefficient (Wildman–Crippen LogP) is 3.43. The maximum Gasteiger partial charge on any atom is 0.390 e. The zero-order valence-corrected chi connectivity index (χ0v) is 9.31. The molecule has 1 atom stereocenters. The van der Waals surface area contributed by atoms with E-state index in [4.69, 9.17) is 5.73 Å². The Bertz CT molecular complexity index is 528. The Morgan fingerprint density at radius 3 is 2.59 bits per heavy atom. The van der Waals surface area contributed by atoms with Crippen molar-refractivity contribution in [1.82, 2.24) is 4.98 Å². The number of aromatic amines is 1. The standard InChI is InChI=1S/C12H13F3N2/c1-7-11(9(16)6-12(13,14)15)8-4-2-3-5-10(8)17-7/h2-5,9,17H,6,16H2,1H3/t9-/m0/s1. The van der Waals surface area contributed by atoms with Crippen LogP contribution < -0.4 is 5.73 Å². The number of para-hydroxylation sites is 1. The minimum Gasteiger partial charge on any atom is -0.358 e. The van der Waals surface area contributed by atoms with Crippen molar-refractivity contribution in [3.05, 3.63) is 35.5 Å². The third-order valence-electron chi connectivity index (χ3n) is 2.77. The molecule has 1 aromatic carbocycles. The molecule has 0 spiro atoms. The summed E-state index contributed by atoms with van der Waals surface area (Å²) in [6.07, 6.45) is -5.25. The number of hydrogen-bond acceptors (Lipinski definition) is 1. The fourth-order valence-corrected chi connectivity index (χ4v) is 2.13. The number of nitrogens with two attached hydrogens (primary N) is 1. The molecule has 0 amide bonds. The molecule has 17 heavy (non-hydrogen) atoms. The normalized spacial score (nSPS) is 14.2. The van der Waals surface area contributed by atoms with Crippen LogP contribution in [0.5, 0.6) is 0 Å². The molecular weight excluding hydrogens is 229 g/mol. The van der Waals surface area contributed by atoms with E-state index in [1.165, 1.54) is 0 Å².